The highest BCUT2D eigenvalue weighted by molar-refractivity contribution is 5.52. The van der Waals surface area contributed by atoms with E-state index >= 15 is 0 Å². The van der Waals surface area contributed by atoms with Crippen LogP contribution in [0.2, 0.25) is 0 Å². The fourth-order valence-electron chi connectivity index (χ4n) is 1.81. The van der Waals surface area contributed by atoms with E-state index in [1.54, 1.807) is 0 Å². The van der Waals surface area contributed by atoms with Crippen molar-refractivity contribution in [3.63, 3.8) is 0 Å². The van der Waals surface area contributed by atoms with Crippen molar-refractivity contribution < 1.29 is 14.9 Å². The van der Waals surface area contributed by atoms with Gasteiger partial charge < -0.3 is 14.9 Å². The van der Waals surface area contributed by atoms with E-state index in [1.165, 1.54) is 0 Å². The average Bonchev–Trinajstić information content (AvgIpc) is 2.12. The molecule has 0 spiro atoms. The van der Waals surface area contributed by atoms with Crippen LogP contribution in [0.1, 0.15) is 30.4 Å². The zero-order valence-electron chi connectivity index (χ0n) is 8.32. The van der Waals surface area contributed by atoms with Gasteiger partial charge in [-0.05, 0) is 18.4 Å². The molecule has 2 rings (SSSR count). The standard InChI is InChI=1S/C11H14O3/c1-6-3-4-8-7(2)5-9(12)14-11(8)10(6)13/h3-4,7,9,12-13H,5H2,1-2H3. The second-order valence-corrected chi connectivity index (χ2v) is 3.86. The van der Waals surface area contributed by atoms with Gasteiger partial charge in [0.2, 0.25) is 0 Å². The Balaban J connectivity index is 2.54. The maximum absolute atomic E-state index is 9.74. The molecule has 1 heterocycles. The molecule has 0 aliphatic carbocycles. The van der Waals surface area contributed by atoms with E-state index < -0.39 is 6.29 Å². The summed E-state index contributed by atoms with van der Waals surface area (Å²) in [5.74, 6) is 0.810. The number of ether oxygens (including phenoxy) is 1. The summed E-state index contributed by atoms with van der Waals surface area (Å²) in [6.07, 6.45) is -0.222. The van der Waals surface area contributed by atoms with Crippen LogP contribution in [0, 0.1) is 6.92 Å². The summed E-state index contributed by atoms with van der Waals surface area (Å²) < 4.78 is 5.22. The van der Waals surface area contributed by atoms with E-state index in [1.807, 2.05) is 26.0 Å². The van der Waals surface area contributed by atoms with Crippen LogP contribution in [0.4, 0.5) is 0 Å². The van der Waals surface area contributed by atoms with Gasteiger partial charge in [-0.1, -0.05) is 19.1 Å². The molecule has 0 saturated heterocycles. The van der Waals surface area contributed by atoms with Crippen molar-refractivity contribution in [3.8, 4) is 11.5 Å². The normalized spacial score (nSPS) is 25.4. The summed E-state index contributed by atoms with van der Waals surface area (Å²) in [5.41, 5.74) is 1.74. The Bertz CT molecular complexity index is 360. The van der Waals surface area contributed by atoms with Crippen molar-refractivity contribution in [2.24, 2.45) is 0 Å². The summed E-state index contributed by atoms with van der Waals surface area (Å²) in [6.45, 7) is 3.82. The fraction of sp³-hybridized carbons (Fsp3) is 0.455. The number of hydrogen-bond donors (Lipinski definition) is 2. The molecule has 2 unspecified atom stereocenters. The summed E-state index contributed by atoms with van der Waals surface area (Å²) in [6, 6.07) is 3.81. The zero-order valence-corrected chi connectivity index (χ0v) is 8.32. The Morgan fingerprint density at radius 3 is 2.86 bits per heavy atom. The molecule has 0 aromatic heterocycles. The van der Waals surface area contributed by atoms with Gasteiger partial charge in [0.1, 0.15) is 0 Å². The first-order valence-corrected chi connectivity index (χ1v) is 4.76. The minimum atomic E-state index is -0.801. The molecule has 0 fully saturated rings. The number of fused-ring (bicyclic) bond motifs is 1. The number of rotatable bonds is 0. The molecular weight excluding hydrogens is 180 g/mol. The number of phenolic OH excluding ortho intramolecular Hbond substituents is 1. The third-order valence-electron chi connectivity index (χ3n) is 2.70. The van der Waals surface area contributed by atoms with Gasteiger partial charge in [0.25, 0.3) is 0 Å². The molecule has 1 aliphatic heterocycles. The SMILES string of the molecule is Cc1ccc2c(c1O)OC(O)CC2C. The summed E-state index contributed by atoms with van der Waals surface area (Å²) >= 11 is 0. The average molecular weight is 194 g/mol. The Labute approximate surface area is 83.0 Å². The van der Waals surface area contributed by atoms with Crippen LogP contribution in [-0.4, -0.2) is 16.5 Å². The monoisotopic (exact) mass is 194 g/mol. The van der Waals surface area contributed by atoms with Crippen molar-refractivity contribution in [3.05, 3.63) is 23.3 Å². The summed E-state index contributed by atoms with van der Waals surface area (Å²) in [7, 11) is 0. The molecular formula is C11H14O3. The Morgan fingerprint density at radius 2 is 2.14 bits per heavy atom. The number of benzene rings is 1. The molecule has 3 nitrogen and oxygen atoms in total. The second-order valence-electron chi connectivity index (χ2n) is 3.86. The molecule has 2 N–H and O–H groups in total. The maximum Gasteiger partial charge on any atom is 0.198 e. The van der Waals surface area contributed by atoms with Crippen LogP contribution >= 0.6 is 0 Å². The molecule has 14 heavy (non-hydrogen) atoms. The van der Waals surface area contributed by atoms with E-state index in [-0.39, 0.29) is 11.7 Å². The third-order valence-corrected chi connectivity index (χ3v) is 2.70. The lowest BCUT2D eigenvalue weighted by molar-refractivity contribution is -0.0392. The van der Waals surface area contributed by atoms with Crippen LogP contribution < -0.4 is 4.74 Å². The topological polar surface area (TPSA) is 49.7 Å². The van der Waals surface area contributed by atoms with E-state index in [2.05, 4.69) is 0 Å². The lowest BCUT2D eigenvalue weighted by Gasteiger charge is -2.28. The van der Waals surface area contributed by atoms with Crippen molar-refractivity contribution in [2.75, 3.05) is 0 Å². The highest BCUT2D eigenvalue weighted by Gasteiger charge is 2.26. The third kappa shape index (κ3) is 1.34. The number of aliphatic hydroxyl groups is 1. The number of aliphatic hydroxyl groups excluding tert-OH is 1. The largest absolute Gasteiger partial charge is 0.504 e. The van der Waals surface area contributed by atoms with E-state index in [0.29, 0.717) is 12.2 Å². The van der Waals surface area contributed by atoms with Gasteiger partial charge in [0.05, 0.1) is 0 Å². The molecule has 76 valence electrons. The van der Waals surface area contributed by atoms with Crippen LogP contribution in [0.5, 0.6) is 11.5 Å². The van der Waals surface area contributed by atoms with E-state index in [4.69, 9.17) is 4.74 Å². The Kier molecular flexibility index (Phi) is 2.11. The van der Waals surface area contributed by atoms with Crippen molar-refractivity contribution in [1.29, 1.82) is 0 Å². The number of phenols is 1. The first kappa shape index (κ1) is 9.34. The zero-order chi connectivity index (χ0) is 10.3. The van der Waals surface area contributed by atoms with Crippen molar-refractivity contribution in [1.82, 2.24) is 0 Å². The minimum absolute atomic E-state index is 0.146. The number of aryl methyl sites for hydroxylation is 1. The Morgan fingerprint density at radius 1 is 1.43 bits per heavy atom. The van der Waals surface area contributed by atoms with Gasteiger partial charge in [-0.3, -0.25) is 0 Å². The smallest absolute Gasteiger partial charge is 0.198 e. The van der Waals surface area contributed by atoms with Crippen LogP contribution in [0.25, 0.3) is 0 Å². The Hall–Kier alpha value is -1.22. The van der Waals surface area contributed by atoms with Crippen LogP contribution in [0.3, 0.4) is 0 Å². The van der Waals surface area contributed by atoms with Gasteiger partial charge in [-0.25, -0.2) is 0 Å². The van der Waals surface area contributed by atoms with Crippen molar-refractivity contribution >= 4 is 0 Å². The van der Waals surface area contributed by atoms with Gasteiger partial charge in [0, 0.05) is 12.0 Å². The molecule has 1 aliphatic rings. The molecule has 2 atom stereocenters. The molecule has 0 bridgehead atoms. The first-order valence-electron chi connectivity index (χ1n) is 4.76. The van der Waals surface area contributed by atoms with Crippen LogP contribution in [0.15, 0.2) is 12.1 Å². The summed E-state index contributed by atoms with van der Waals surface area (Å²) in [5, 5.41) is 19.2. The molecule has 0 saturated carbocycles. The molecule has 1 aromatic rings. The van der Waals surface area contributed by atoms with Crippen molar-refractivity contribution in [2.45, 2.75) is 32.5 Å². The number of hydrogen-bond acceptors (Lipinski definition) is 3. The highest BCUT2D eigenvalue weighted by atomic mass is 16.6. The van der Waals surface area contributed by atoms with Crippen LogP contribution in [-0.2, 0) is 0 Å². The molecule has 3 heteroatoms. The van der Waals surface area contributed by atoms with E-state index in [9.17, 15) is 10.2 Å². The number of aromatic hydroxyl groups is 1. The minimum Gasteiger partial charge on any atom is -0.504 e. The molecule has 0 radical (unpaired) electrons. The molecule has 0 amide bonds. The van der Waals surface area contributed by atoms with Gasteiger partial charge >= 0.3 is 0 Å². The lowest BCUT2D eigenvalue weighted by atomic mass is 9.93. The predicted molar refractivity (Wildman–Crippen MR) is 52.5 cm³/mol. The van der Waals surface area contributed by atoms with Gasteiger partial charge in [-0.2, -0.15) is 0 Å². The first-order chi connectivity index (χ1) is 6.59. The summed E-state index contributed by atoms with van der Waals surface area (Å²) in [4.78, 5) is 0. The maximum atomic E-state index is 9.74. The predicted octanol–water partition coefficient (Wildman–Crippen LogP) is 1.91. The quantitative estimate of drug-likeness (QED) is 0.663. The van der Waals surface area contributed by atoms with Gasteiger partial charge in [0.15, 0.2) is 17.8 Å². The van der Waals surface area contributed by atoms with E-state index in [0.717, 1.165) is 11.1 Å². The highest BCUT2D eigenvalue weighted by Crippen LogP contribution is 2.42. The lowest BCUT2D eigenvalue weighted by Crippen LogP contribution is -2.24. The molecule has 1 aromatic carbocycles. The van der Waals surface area contributed by atoms with Gasteiger partial charge in [-0.15, -0.1) is 0 Å². The second kappa shape index (κ2) is 3.17. The fourth-order valence-corrected chi connectivity index (χ4v) is 1.81.